The van der Waals surface area contributed by atoms with Crippen molar-refractivity contribution in [3.63, 3.8) is 0 Å². The van der Waals surface area contributed by atoms with Crippen LogP contribution in [0.2, 0.25) is 0 Å². The number of benzene rings is 2. The highest BCUT2D eigenvalue weighted by atomic mass is 16.3. The molecule has 0 saturated carbocycles. The number of hydrogen-bond acceptors (Lipinski definition) is 4. The third-order valence-corrected chi connectivity index (χ3v) is 5.50. The predicted octanol–water partition coefficient (Wildman–Crippen LogP) is 5.77. The quantitative estimate of drug-likeness (QED) is 0.406. The zero-order valence-corrected chi connectivity index (χ0v) is 15.4. The first-order valence-electron chi connectivity index (χ1n) is 8.91. The SMILES string of the molecule is [C-]#[N+]c1cccc2c1N(c1c(C)ccc3c1oc1ncccc13)[C@@H](C)N2C. The third kappa shape index (κ3) is 2.01. The Labute approximate surface area is 157 Å². The molecule has 0 aliphatic carbocycles. The summed E-state index contributed by atoms with van der Waals surface area (Å²) in [5.41, 5.74) is 6.20. The summed E-state index contributed by atoms with van der Waals surface area (Å²) in [5.74, 6) is 0. The normalized spacial score (nSPS) is 16.1. The summed E-state index contributed by atoms with van der Waals surface area (Å²) in [4.78, 5) is 12.6. The molecule has 0 bridgehead atoms. The highest BCUT2D eigenvalue weighted by Gasteiger charge is 2.36. The molecule has 0 unspecified atom stereocenters. The Bertz CT molecular complexity index is 1250. The van der Waals surface area contributed by atoms with Gasteiger partial charge in [-0.25, -0.2) is 9.83 Å². The number of pyridine rings is 1. The predicted molar refractivity (Wildman–Crippen MR) is 109 cm³/mol. The maximum absolute atomic E-state index is 7.65. The molecule has 0 saturated heterocycles. The van der Waals surface area contributed by atoms with Gasteiger partial charge in [0, 0.05) is 24.0 Å². The highest BCUT2D eigenvalue weighted by Crippen LogP contribution is 2.51. The van der Waals surface area contributed by atoms with Gasteiger partial charge in [-0.05, 0) is 37.6 Å². The maximum atomic E-state index is 7.65. The van der Waals surface area contributed by atoms with Gasteiger partial charge in [0.05, 0.1) is 23.6 Å². The molecule has 0 radical (unpaired) electrons. The van der Waals surface area contributed by atoms with Crippen LogP contribution in [0, 0.1) is 13.5 Å². The molecule has 0 fully saturated rings. The first-order valence-corrected chi connectivity index (χ1v) is 8.91. The number of rotatable bonds is 1. The molecule has 4 aromatic rings. The lowest BCUT2D eigenvalue weighted by molar-refractivity contribution is 0.648. The Kier molecular flexibility index (Phi) is 3.19. The third-order valence-electron chi connectivity index (χ3n) is 5.50. The summed E-state index contributed by atoms with van der Waals surface area (Å²) < 4.78 is 6.20. The van der Waals surface area contributed by atoms with E-state index in [1.165, 1.54) is 0 Å². The topological polar surface area (TPSA) is 36.9 Å². The van der Waals surface area contributed by atoms with E-state index in [1.54, 1.807) is 6.20 Å². The lowest BCUT2D eigenvalue weighted by Crippen LogP contribution is -2.36. The van der Waals surface area contributed by atoms with Gasteiger partial charge in [-0.1, -0.05) is 24.3 Å². The van der Waals surface area contributed by atoms with Gasteiger partial charge in [0.25, 0.3) is 0 Å². The molecular formula is C22H18N4O. The van der Waals surface area contributed by atoms with Crippen molar-refractivity contribution in [1.82, 2.24) is 4.98 Å². The van der Waals surface area contributed by atoms with Crippen LogP contribution < -0.4 is 9.80 Å². The second kappa shape index (κ2) is 5.49. The largest absolute Gasteiger partial charge is 0.435 e. The van der Waals surface area contributed by atoms with Crippen LogP contribution in [-0.4, -0.2) is 18.2 Å². The van der Waals surface area contributed by atoms with E-state index in [1.807, 2.05) is 24.3 Å². The Morgan fingerprint density at radius 1 is 1.07 bits per heavy atom. The van der Waals surface area contributed by atoms with Crippen LogP contribution >= 0.6 is 0 Å². The van der Waals surface area contributed by atoms with E-state index in [2.05, 4.69) is 58.7 Å². The van der Waals surface area contributed by atoms with Crippen molar-refractivity contribution in [1.29, 1.82) is 0 Å². The van der Waals surface area contributed by atoms with Crippen molar-refractivity contribution in [3.05, 3.63) is 65.6 Å². The van der Waals surface area contributed by atoms with Gasteiger partial charge < -0.3 is 14.2 Å². The molecule has 1 aliphatic heterocycles. The monoisotopic (exact) mass is 354 g/mol. The van der Waals surface area contributed by atoms with E-state index in [0.29, 0.717) is 11.4 Å². The summed E-state index contributed by atoms with van der Waals surface area (Å²) in [5, 5.41) is 2.05. The van der Waals surface area contributed by atoms with E-state index in [0.717, 1.165) is 39.0 Å². The van der Waals surface area contributed by atoms with Gasteiger partial charge >= 0.3 is 0 Å². The lowest BCUT2D eigenvalue weighted by Gasteiger charge is -2.29. The Hall–Kier alpha value is -3.52. The maximum Gasteiger partial charge on any atom is 0.227 e. The van der Waals surface area contributed by atoms with Crippen LogP contribution in [0.1, 0.15) is 12.5 Å². The Morgan fingerprint density at radius 2 is 1.93 bits per heavy atom. The van der Waals surface area contributed by atoms with Crippen molar-refractivity contribution >= 4 is 44.8 Å². The molecule has 2 aromatic carbocycles. The summed E-state index contributed by atoms with van der Waals surface area (Å²) in [6, 6.07) is 14.0. The molecule has 5 rings (SSSR count). The number of aromatic nitrogens is 1. The molecule has 5 heteroatoms. The fourth-order valence-corrected chi connectivity index (χ4v) is 4.06. The van der Waals surface area contributed by atoms with Crippen LogP contribution in [0.25, 0.3) is 26.9 Å². The molecule has 0 spiro atoms. The molecule has 0 amide bonds. The van der Waals surface area contributed by atoms with E-state index in [9.17, 15) is 0 Å². The van der Waals surface area contributed by atoms with E-state index in [-0.39, 0.29) is 6.17 Å². The van der Waals surface area contributed by atoms with Gasteiger partial charge in [-0.3, -0.25) is 0 Å². The summed E-state index contributed by atoms with van der Waals surface area (Å²) in [6.07, 6.45) is 1.81. The van der Waals surface area contributed by atoms with Crippen LogP contribution in [0.15, 0.2) is 53.1 Å². The van der Waals surface area contributed by atoms with Crippen molar-refractivity contribution < 1.29 is 4.42 Å². The number of hydrogen-bond donors (Lipinski definition) is 0. The average molecular weight is 354 g/mol. The number of nitrogens with zero attached hydrogens (tertiary/aromatic N) is 4. The van der Waals surface area contributed by atoms with Crippen LogP contribution in [0.4, 0.5) is 22.7 Å². The van der Waals surface area contributed by atoms with Gasteiger partial charge in [0.2, 0.25) is 11.4 Å². The van der Waals surface area contributed by atoms with Gasteiger partial charge in [-0.15, -0.1) is 0 Å². The molecule has 5 nitrogen and oxygen atoms in total. The van der Waals surface area contributed by atoms with E-state index < -0.39 is 0 Å². The number of aryl methyl sites for hydroxylation is 1. The summed E-state index contributed by atoms with van der Waals surface area (Å²) in [7, 11) is 2.06. The smallest absolute Gasteiger partial charge is 0.227 e. The molecule has 0 N–H and O–H groups in total. The number of fused-ring (bicyclic) bond motifs is 4. The fraction of sp³-hybridized carbons (Fsp3) is 0.182. The van der Waals surface area contributed by atoms with Crippen LogP contribution in [0.5, 0.6) is 0 Å². The minimum absolute atomic E-state index is 0.0633. The Balaban J connectivity index is 1.88. The van der Waals surface area contributed by atoms with Gasteiger partial charge in [-0.2, -0.15) is 0 Å². The van der Waals surface area contributed by atoms with E-state index in [4.69, 9.17) is 11.0 Å². The first-order chi connectivity index (χ1) is 13.1. The molecular weight excluding hydrogens is 336 g/mol. The minimum atomic E-state index is 0.0633. The van der Waals surface area contributed by atoms with Crippen molar-refractivity contribution in [2.45, 2.75) is 20.0 Å². The number of para-hydroxylation sites is 1. The lowest BCUT2D eigenvalue weighted by atomic mass is 10.1. The van der Waals surface area contributed by atoms with Crippen molar-refractivity contribution in [2.75, 3.05) is 16.8 Å². The number of anilines is 3. The summed E-state index contributed by atoms with van der Waals surface area (Å²) in [6.45, 7) is 11.9. The molecule has 2 aromatic heterocycles. The second-order valence-corrected chi connectivity index (χ2v) is 6.94. The standard InChI is InChI=1S/C22H18N4O/c1-13-10-11-15-16-7-6-12-24-22(16)27-21(15)19(13)26-14(2)25(4)18-9-5-8-17(23-3)20(18)26/h5-12,14H,1-2,4H3/t14-/m0/s1. The minimum Gasteiger partial charge on any atom is -0.435 e. The van der Waals surface area contributed by atoms with E-state index >= 15 is 0 Å². The average Bonchev–Trinajstić information content (AvgIpc) is 3.18. The Morgan fingerprint density at radius 3 is 2.74 bits per heavy atom. The van der Waals surface area contributed by atoms with Gasteiger partial charge in [0.15, 0.2) is 5.58 Å². The van der Waals surface area contributed by atoms with Crippen molar-refractivity contribution in [2.24, 2.45) is 0 Å². The molecule has 1 atom stereocenters. The second-order valence-electron chi connectivity index (χ2n) is 6.94. The molecule has 132 valence electrons. The van der Waals surface area contributed by atoms with Crippen LogP contribution in [0.3, 0.4) is 0 Å². The summed E-state index contributed by atoms with van der Waals surface area (Å²) >= 11 is 0. The number of furan rings is 1. The molecule has 27 heavy (non-hydrogen) atoms. The first kappa shape index (κ1) is 15.7. The van der Waals surface area contributed by atoms with Crippen LogP contribution in [-0.2, 0) is 0 Å². The molecule has 1 aliphatic rings. The zero-order chi connectivity index (χ0) is 18.7. The fourth-order valence-electron chi connectivity index (χ4n) is 4.06. The zero-order valence-electron chi connectivity index (χ0n) is 15.4. The van der Waals surface area contributed by atoms with Gasteiger partial charge in [0.1, 0.15) is 6.17 Å². The highest BCUT2D eigenvalue weighted by molar-refractivity contribution is 6.10. The van der Waals surface area contributed by atoms with Crippen molar-refractivity contribution in [3.8, 4) is 0 Å². The molecule has 3 heterocycles.